The molecule has 3 aromatic carbocycles. The van der Waals surface area contributed by atoms with E-state index in [0.717, 1.165) is 48.2 Å². The van der Waals surface area contributed by atoms with E-state index in [4.69, 9.17) is 34.8 Å². The number of hydrogen-bond donors (Lipinski definition) is 1. The van der Waals surface area contributed by atoms with Crippen LogP contribution in [0.15, 0.2) is 60.7 Å². The molecule has 4 rings (SSSR count). The summed E-state index contributed by atoms with van der Waals surface area (Å²) < 4.78 is 0. The molecule has 3 aromatic rings. The maximum absolute atomic E-state index is 12.9. The van der Waals surface area contributed by atoms with E-state index in [0.29, 0.717) is 20.6 Å². The predicted molar refractivity (Wildman–Crippen MR) is 125 cm³/mol. The summed E-state index contributed by atoms with van der Waals surface area (Å²) in [4.78, 5) is 12.9. The van der Waals surface area contributed by atoms with Gasteiger partial charge in [-0.25, -0.2) is 5.01 Å². The molecule has 1 aliphatic rings. The SMILES string of the molecule is O=C(NN1CCCCC1)c1ccc(-c2ccc(Cl)cc2)c(-c2ccc(Cl)cc2Cl)c1. The van der Waals surface area contributed by atoms with Crippen LogP contribution in [-0.4, -0.2) is 24.0 Å². The molecule has 3 nitrogen and oxygen atoms in total. The molecule has 1 saturated heterocycles. The first kappa shape index (κ1) is 21.2. The van der Waals surface area contributed by atoms with E-state index in [9.17, 15) is 4.79 Å². The molecule has 0 bridgehead atoms. The standard InChI is InChI=1S/C24H21Cl3N2O/c25-18-7-4-16(5-8-18)20-10-6-17(24(30)28-29-12-2-1-3-13-29)14-22(20)21-11-9-19(26)15-23(21)27/h4-11,14-15H,1-3,12-13H2,(H,28,30). The third-order valence-electron chi connectivity index (χ3n) is 5.27. The summed E-state index contributed by atoms with van der Waals surface area (Å²) in [6.07, 6.45) is 3.41. The number of amides is 1. The zero-order chi connectivity index (χ0) is 21.1. The Morgan fingerprint density at radius 3 is 2.10 bits per heavy atom. The molecule has 0 radical (unpaired) electrons. The van der Waals surface area contributed by atoms with E-state index >= 15 is 0 Å². The Hall–Kier alpha value is -2.04. The van der Waals surface area contributed by atoms with Crippen LogP contribution >= 0.6 is 34.8 Å². The Balaban J connectivity index is 1.75. The van der Waals surface area contributed by atoms with Gasteiger partial charge in [0.1, 0.15) is 0 Å². The third kappa shape index (κ3) is 4.81. The maximum Gasteiger partial charge on any atom is 0.265 e. The van der Waals surface area contributed by atoms with E-state index in [1.807, 2.05) is 53.5 Å². The number of hydrogen-bond acceptors (Lipinski definition) is 2. The van der Waals surface area contributed by atoms with Gasteiger partial charge < -0.3 is 0 Å². The van der Waals surface area contributed by atoms with Crippen LogP contribution in [0.3, 0.4) is 0 Å². The van der Waals surface area contributed by atoms with Crippen LogP contribution < -0.4 is 5.43 Å². The Bertz CT molecular complexity index is 1060. The van der Waals surface area contributed by atoms with Crippen molar-refractivity contribution in [2.24, 2.45) is 0 Å². The lowest BCUT2D eigenvalue weighted by Crippen LogP contribution is -2.45. The van der Waals surface area contributed by atoms with Crippen molar-refractivity contribution in [2.45, 2.75) is 19.3 Å². The van der Waals surface area contributed by atoms with Gasteiger partial charge in [-0.05, 0) is 65.9 Å². The highest BCUT2D eigenvalue weighted by Crippen LogP contribution is 2.38. The van der Waals surface area contributed by atoms with Crippen molar-refractivity contribution in [3.63, 3.8) is 0 Å². The molecular weight excluding hydrogens is 439 g/mol. The number of rotatable bonds is 4. The van der Waals surface area contributed by atoms with E-state index in [2.05, 4.69) is 5.43 Å². The van der Waals surface area contributed by atoms with E-state index in [1.54, 1.807) is 12.1 Å². The molecule has 1 aliphatic heterocycles. The average Bonchev–Trinajstić information content (AvgIpc) is 2.75. The fraction of sp³-hybridized carbons (Fsp3) is 0.208. The molecule has 154 valence electrons. The Morgan fingerprint density at radius 1 is 0.733 bits per heavy atom. The highest BCUT2D eigenvalue weighted by molar-refractivity contribution is 6.36. The summed E-state index contributed by atoms with van der Waals surface area (Å²) in [7, 11) is 0. The number of benzene rings is 3. The molecule has 0 unspecified atom stereocenters. The molecule has 1 amide bonds. The topological polar surface area (TPSA) is 32.3 Å². The molecule has 0 atom stereocenters. The van der Waals surface area contributed by atoms with Crippen LogP contribution in [0.2, 0.25) is 15.1 Å². The van der Waals surface area contributed by atoms with Gasteiger partial charge in [0.05, 0.1) is 0 Å². The quantitative estimate of drug-likeness (QED) is 0.451. The second kappa shape index (κ2) is 9.40. The first-order valence-corrected chi connectivity index (χ1v) is 11.1. The summed E-state index contributed by atoms with van der Waals surface area (Å²) in [6, 6.07) is 18.7. The van der Waals surface area contributed by atoms with Gasteiger partial charge in [-0.1, -0.05) is 65.5 Å². The smallest absolute Gasteiger partial charge is 0.265 e. The van der Waals surface area contributed by atoms with Crippen LogP contribution in [0, 0.1) is 0 Å². The normalized spacial score (nSPS) is 14.5. The molecule has 0 saturated carbocycles. The lowest BCUT2D eigenvalue weighted by Gasteiger charge is -2.27. The summed E-state index contributed by atoms with van der Waals surface area (Å²) in [5.41, 5.74) is 7.25. The molecule has 0 spiro atoms. The van der Waals surface area contributed by atoms with E-state index in [1.165, 1.54) is 6.42 Å². The van der Waals surface area contributed by atoms with Crippen LogP contribution in [0.5, 0.6) is 0 Å². The van der Waals surface area contributed by atoms with Crippen LogP contribution in [-0.2, 0) is 0 Å². The Kier molecular flexibility index (Phi) is 6.64. The van der Waals surface area contributed by atoms with Gasteiger partial charge in [0.25, 0.3) is 5.91 Å². The third-order valence-corrected chi connectivity index (χ3v) is 6.07. The molecule has 6 heteroatoms. The molecule has 1 heterocycles. The number of piperidine rings is 1. The van der Waals surface area contributed by atoms with Crippen molar-refractivity contribution in [2.75, 3.05) is 13.1 Å². The molecule has 0 aliphatic carbocycles. The van der Waals surface area contributed by atoms with Crippen molar-refractivity contribution in [3.8, 4) is 22.3 Å². The number of nitrogens with one attached hydrogen (secondary N) is 1. The lowest BCUT2D eigenvalue weighted by molar-refractivity contribution is 0.0750. The van der Waals surface area contributed by atoms with Crippen molar-refractivity contribution >= 4 is 40.7 Å². The number of carbonyl (C=O) groups is 1. The minimum absolute atomic E-state index is 0.120. The zero-order valence-electron chi connectivity index (χ0n) is 16.3. The first-order valence-electron chi connectivity index (χ1n) is 9.92. The van der Waals surface area contributed by atoms with E-state index < -0.39 is 0 Å². The maximum atomic E-state index is 12.9. The summed E-state index contributed by atoms with van der Waals surface area (Å²) in [5, 5.41) is 3.76. The molecule has 1 fully saturated rings. The molecule has 1 N–H and O–H groups in total. The monoisotopic (exact) mass is 458 g/mol. The highest BCUT2D eigenvalue weighted by Gasteiger charge is 2.17. The molecular formula is C24H21Cl3N2O. The van der Waals surface area contributed by atoms with Crippen LogP contribution in [0.4, 0.5) is 0 Å². The van der Waals surface area contributed by atoms with Crippen molar-refractivity contribution in [3.05, 3.63) is 81.3 Å². The first-order chi connectivity index (χ1) is 14.5. The van der Waals surface area contributed by atoms with Gasteiger partial charge >= 0.3 is 0 Å². The highest BCUT2D eigenvalue weighted by atomic mass is 35.5. The lowest BCUT2D eigenvalue weighted by atomic mass is 9.92. The second-order valence-corrected chi connectivity index (χ2v) is 8.66. The second-order valence-electron chi connectivity index (χ2n) is 7.38. The van der Waals surface area contributed by atoms with Crippen molar-refractivity contribution < 1.29 is 4.79 Å². The fourth-order valence-corrected chi connectivity index (χ4v) is 4.35. The minimum atomic E-state index is -0.120. The van der Waals surface area contributed by atoms with Crippen molar-refractivity contribution in [1.82, 2.24) is 10.4 Å². The summed E-state index contributed by atoms with van der Waals surface area (Å²) >= 11 is 18.7. The van der Waals surface area contributed by atoms with Gasteiger partial charge in [0, 0.05) is 39.3 Å². The van der Waals surface area contributed by atoms with Gasteiger partial charge in [-0.3, -0.25) is 10.2 Å². The van der Waals surface area contributed by atoms with Crippen LogP contribution in [0.25, 0.3) is 22.3 Å². The van der Waals surface area contributed by atoms with Crippen molar-refractivity contribution in [1.29, 1.82) is 0 Å². The fourth-order valence-electron chi connectivity index (χ4n) is 3.71. The number of hydrazine groups is 1. The van der Waals surface area contributed by atoms with Gasteiger partial charge in [0.15, 0.2) is 0 Å². The predicted octanol–water partition coefficient (Wildman–Crippen LogP) is 7.11. The Morgan fingerprint density at radius 2 is 1.40 bits per heavy atom. The van der Waals surface area contributed by atoms with Gasteiger partial charge in [-0.15, -0.1) is 0 Å². The minimum Gasteiger partial charge on any atom is -0.285 e. The van der Waals surface area contributed by atoms with Crippen LogP contribution in [0.1, 0.15) is 29.6 Å². The molecule has 0 aromatic heterocycles. The summed E-state index contributed by atoms with van der Waals surface area (Å²) in [5.74, 6) is -0.120. The molecule has 30 heavy (non-hydrogen) atoms. The summed E-state index contributed by atoms with van der Waals surface area (Å²) in [6.45, 7) is 1.76. The number of nitrogens with zero attached hydrogens (tertiary/aromatic N) is 1. The average molecular weight is 460 g/mol. The number of halogens is 3. The Labute approximate surface area is 191 Å². The van der Waals surface area contributed by atoms with E-state index in [-0.39, 0.29) is 5.91 Å². The number of carbonyl (C=O) groups excluding carboxylic acids is 1. The largest absolute Gasteiger partial charge is 0.285 e. The van der Waals surface area contributed by atoms with Gasteiger partial charge in [-0.2, -0.15) is 0 Å². The van der Waals surface area contributed by atoms with Gasteiger partial charge in [0.2, 0.25) is 0 Å². The zero-order valence-corrected chi connectivity index (χ0v) is 18.6.